The molecule has 2 heterocycles. The first-order valence-corrected chi connectivity index (χ1v) is 9.43. The number of likely N-dealkylation sites (tertiary alicyclic amines) is 1. The maximum absolute atomic E-state index is 12.4. The van der Waals surface area contributed by atoms with E-state index in [2.05, 4.69) is 45.7 Å². The van der Waals surface area contributed by atoms with Crippen molar-refractivity contribution in [2.45, 2.75) is 25.3 Å². The molecule has 1 aliphatic rings. The van der Waals surface area contributed by atoms with E-state index in [4.69, 9.17) is 0 Å². The minimum absolute atomic E-state index is 0.0362. The first-order chi connectivity index (χ1) is 12.8. The summed E-state index contributed by atoms with van der Waals surface area (Å²) in [6.07, 6.45) is 5.35. The van der Waals surface area contributed by atoms with Crippen molar-refractivity contribution in [3.8, 4) is 0 Å². The molecule has 1 atom stereocenters. The average molecular weight is 347 g/mol. The molecule has 1 saturated heterocycles. The molecule has 0 spiro atoms. The lowest BCUT2D eigenvalue weighted by Crippen LogP contribution is -2.48. The second kappa shape index (κ2) is 7.75. The molecule has 0 radical (unpaired) electrons. The molecule has 0 saturated carbocycles. The predicted molar refractivity (Wildman–Crippen MR) is 105 cm³/mol. The number of carbonyl (C=O) groups is 1. The number of hydrogen-bond donors (Lipinski definition) is 2. The Labute approximate surface area is 154 Å². The monoisotopic (exact) mass is 347 g/mol. The zero-order valence-electron chi connectivity index (χ0n) is 14.9. The number of para-hydroxylation sites is 1. The van der Waals surface area contributed by atoms with Crippen LogP contribution < -0.4 is 5.32 Å². The summed E-state index contributed by atoms with van der Waals surface area (Å²) in [6.45, 7) is 3.07. The largest absolute Gasteiger partial charge is 0.361 e. The number of benzene rings is 2. The normalized spacial score (nSPS) is 18.1. The molecule has 3 aromatic rings. The van der Waals surface area contributed by atoms with Gasteiger partial charge in [0.05, 0.1) is 0 Å². The predicted octanol–water partition coefficient (Wildman–Crippen LogP) is 3.60. The molecule has 1 fully saturated rings. The number of nitrogens with zero attached hydrogens (tertiary/aromatic N) is 1. The summed E-state index contributed by atoms with van der Waals surface area (Å²) in [5.41, 5.74) is 3.31. The van der Waals surface area contributed by atoms with Gasteiger partial charge in [0.2, 0.25) is 0 Å². The Kier molecular flexibility index (Phi) is 5.02. The number of hydrogen-bond acceptors (Lipinski definition) is 2. The number of carbonyl (C=O) groups excluding carboxylic acids is 1. The van der Waals surface area contributed by atoms with Crippen molar-refractivity contribution in [1.82, 2.24) is 15.2 Å². The summed E-state index contributed by atoms with van der Waals surface area (Å²) in [6, 6.07) is 18.2. The van der Waals surface area contributed by atoms with Gasteiger partial charge in [-0.3, -0.25) is 4.79 Å². The molecule has 2 aromatic carbocycles. The molecule has 2 N–H and O–H groups in total. The van der Waals surface area contributed by atoms with Crippen molar-refractivity contribution >= 4 is 16.8 Å². The Balaban J connectivity index is 1.33. The van der Waals surface area contributed by atoms with E-state index in [1.54, 1.807) is 0 Å². The third-order valence-corrected chi connectivity index (χ3v) is 5.25. The number of piperidine rings is 1. The van der Waals surface area contributed by atoms with E-state index in [1.807, 2.05) is 30.3 Å². The van der Waals surface area contributed by atoms with Crippen LogP contribution in [-0.4, -0.2) is 41.5 Å². The number of aromatic nitrogens is 1. The maximum Gasteiger partial charge on any atom is 0.251 e. The minimum Gasteiger partial charge on any atom is -0.361 e. The highest BCUT2D eigenvalue weighted by molar-refractivity contribution is 5.94. The van der Waals surface area contributed by atoms with Crippen LogP contribution in [0.25, 0.3) is 10.9 Å². The lowest BCUT2D eigenvalue weighted by Gasteiger charge is -2.33. The Morgan fingerprint density at radius 3 is 2.81 bits per heavy atom. The van der Waals surface area contributed by atoms with Gasteiger partial charge in [0.1, 0.15) is 0 Å². The second-order valence-electron chi connectivity index (χ2n) is 7.09. The zero-order chi connectivity index (χ0) is 17.8. The average Bonchev–Trinajstić information content (AvgIpc) is 3.10. The third kappa shape index (κ3) is 3.81. The standard InChI is InChI=1S/C22H25N3O/c26-22(17-7-2-1-3-8-17)24-19-9-6-13-25(16-19)14-12-18-15-23-21-11-5-4-10-20(18)21/h1-5,7-8,10-11,15,19,23H,6,9,12-14,16H2,(H,24,26). The Bertz CT molecular complexity index is 871. The Morgan fingerprint density at radius 1 is 1.12 bits per heavy atom. The number of nitrogens with one attached hydrogen (secondary N) is 2. The molecular weight excluding hydrogens is 322 g/mol. The summed E-state index contributed by atoms with van der Waals surface area (Å²) in [4.78, 5) is 18.2. The van der Waals surface area contributed by atoms with Gasteiger partial charge in [0, 0.05) is 41.8 Å². The molecule has 4 nitrogen and oxygen atoms in total. The molecule has 1 unspecified atom stereocenters. The molecule has 26 heavy (non-hydrogen) atoms. The fourth-order valence-corrected chi connectivity index (χ4v) is 3.85. The van der Waals surface area contributed by atoms with Crippen LogP contribution in [0, 0.1) is 0 Å². The lowest BCUT2D eigenvalue weighted by atomic mass is 10.0. The summed E-state index contributed by atoms with van der Waals surface area (Å²) in [5, 5.41) is 4.52. The molecule has 134 valence electrons. The van der Waals surface area contributed by atoms with Crippen LogP contribution in [0.2, 0.25) is 0 Å². The van der Waals surface area contributed by atoms with E-state index < -0.39 is 0 Å². The van der Waals surface area contributed by atoms with Gasteiger partial charge in [-0.2, -0.15) is 0 Å². The van der Waals surface area contributed by atoms with Crippen LogP contribution >= 0.6 is 0 Å². The molecule has 0 bridgehead atoms. The summed E-state index contributed by atoms with van der Waals surface area (Å²) < 4.78 is 0. The zero-order valence-corrected chi connectivity index (χ0v) is 14.9. The van der Waals surface area contributed by atoms with E-state index in [-0.39, 0.29) is 11.9 Å². The van der Waals surface area contributed by atoms with Crippen molar-refractivity contribution in [3.63, 3.8) is 0 Å². The second-order valence-corrected chi connectivity index (χ2v) is 7.09. The molecule has 0 aliphatic carbocycles. The summed E-state index contributed by atoms with van der Waals surface area (Å²) >= 11 is 0. The fourth-order valence-electron chi connectivity index (χ4n) is 3.85. The topological polar surface area (TPSA) is 48.1 Å². The molecular formula is C22H25N3O. The van der Waals surface area contributed by atoms with E-state index >= 15 is 0 Å². The van der Waals surface area contributed by atoms with E-state index in [0.29, 0.717) is 0 Å². The van der Waals surface area contributed by atoms with Gasteiger partial charge < -0.3 is 15.2 Å². The fraction of sp³-hybridized carbons (Fsp3) is 0.318. The minimum atomic E-state index is 0.0362. The number of amides is 1. The highest BCUT2D eigenvalue weighted by Gasteiger charge is 2.21. The van der Waals surface area contributed by atoms with Gasteiger partial charge in [-0.1, -0.05) is 36.4 Å². The van der Waals surface area contributed by atoms with Gasteiger partial charge in [-0.05, 0) is 49.6 Å². The maximum atomic E-state index is 12.4. The Hall–Kier alpha value is -2.59. The molecule has 1 aliphatic heterocycles. The summed E-state index contributed by atoms with van der Waals surface area (Å²) in [5.74, 6) is 0.0362. The molecule has 4 heteroatoms. The van der Waals surface area contributed by atoms with Crippen LogP contribution in [0.3, 0.4) is 0 Å². The number of fused-ring (bicyclic) bond motifs is 1. The number of rotatable bonds is 5. The first-order valence-electron chi connectivity index (χ1n) is 9.43. The van der Waals surface area contributed by atoms with E-state index in [1.165, 1.54) is 16.5 Å². The van der Waals surface area contributed by atoms with Crippen LogP contribution in [0.1, 0.15) is 28.8 Å². The lowest BCUT2D eigenvalue weighted by molar-refractivity contribution is 0.0904. The number of H-pyrrole nitrogens is 1. The highest BCUT2D eigenvalue weighted by Crippen LogP contribution is 2.19. The molecule has 1 amide bonds. The van der Waals surface area contributed by atoms with E-state index in [0.717, 1.165) is 44.5 Å². The van der Waals surface area contributed by atoms with Gasteiger partial charge in [-0.15, -0.1) is 0 Å². The van der Waals surface area contributed by atoms with E-state index in [9.17, 15) is 4.79 Å². The third-order valence-electron chi connectivity index (χ3n) is 5.25. The van der Waals surface area contributed by atoms with Crippen LogP contribution in [0.4, 0.5) is 0 Å². The van der Waals surface area contributed by atoms with Gasteiger partial charge >= 0.3 is 0 Å². The van der Waals surface area contributed by atoms with Crippen molar-refractivity contribution in [2.24, 2.45) is 0 Å². The molecule has 1 aromatic heterocycles. The summed E-state index contributed by atoms with van der Waals surface area (Å²) in [7, 11) is 0. The van der Waals surface area contributed by atoms with Crippen LogP contribution in [0.5, 0.6) is 0 Å². The van der Waals surface area contributed by atoms with Gasteiger partial charge in [0.25, 0.3) is 5.91 Å². The highest BCUT2D eigenvalue weighted by atomic mass is 16.1. The first kappa shape index (κ1) is 16.9. The Morgan fingerprint density at radius 2 is 1.92 bits per heavy atom. The van der Waals surface area contributed by atoms with Gasteiger partial charge in [0.15, 0.2) is 0 Å². The number of aromatic amines is 1. The van der Waals surface area contributed by atoms with Crippen molar-refractivity contribution in [2.75, 3.05) is 19.6 Å². The smallest absolute Gasteiger partial charge is 0.251 e. The van der Waals surface area contributed by atoms with Crippen molar-refractivity contribution in [1.29, 1.82) is 0 Å². The SMILES string of the molecule is O=C(NC1CCCN(CCc2c[nH]c3ccccc23)C1)c1ccccc1. The van der Waals surface area contributed by atoms with Crippen molar-refractivity contribution in [3.05, 3.63) is 71.9 Å². The molecule has 4 rings (SSSR count). The quantitative estimate of drug-likeness (QED) is 0.741. The van der Waals surface area contributed by atoms with Crippen LogP contribution in [-0.2, 0) is 6.42 Å². The van der Waals surface area contributed by atoms with Crippen LogP contribution in [0.15, 0.2) is 60.8 Å². The van der Waals surface area contributed by atoms with Gasteiger partial charge in [-0.25, -0.2) is 0 Å². The van der Waals surface area contributed by atoms with Crippen molar-refractivity contribution < 1.29 is 4.79 Å².